The molecule has 9 aromatic rings. The van der Waals surface area contributed by atoms with E-state index in [2.05, 4.69) is 61.5 Å². The molecule has 0 saturated carbocycles. The van der Waals surface area contributed by atoms with Crippen LogP contribution in [0.5, 0.6) is 0 Å². The molecule has 5 nitrogen and oxygen atoms in total. The minimum atomic E-state index is 0.595. The van der Waals surface area contributed by atoms with Crippen LogP contribution in [0.25, 0.3) is 89.2 Å². The predicted octanol–water partition coefficient (Wildman–Crippen LogP) is 10.6. The smallest absolute Gasteiger partial charge is 0.164 e. The molecule has 6 aromatic carbocycles. The second-order valence-electron chi connectivity index (χ2n) is 11.3. The predicted molar refractivity (Wildman–Crippen MR) is 181 cm³/mol. The van der Waals surface area contributed by atoms with Gasteiger partial charge in [0.05, 0.1) is 0 Å². The standard InChI is InChI=1S/C40H25N3O2/c1-24-10-7-13-26(22-24)39-41-38(25-11-3-2-4-12-25)42-40(43-39)27-20-21-28-30-16-8-17-31(37(30)45-35(28)23-27)29-15-9-19-34-36(29)32-14-5-6-18-33(32)44-34/h2-23H,1H3. The third kappa shape index (κ3) is 4.20. The van der Waals surface area contributed by atoms with Crippen molar-refractivity contribution >= 4 is 43.9 Å². The van der Waals surface area contributed by atoms with Gasteiger partial charge in [0.15, 0.2) is 17.5 Å². The van der Waals surface area contributed by atoms with Gasteiger partial charge in [-0.2, -0.15) is 0 Å². The Kier molecular flexibility index (Phi) is 5.65. The number of nitrogens with zero attached hydrogens (tertiary/aromatic N) is 3. The van der Waals surface area contributed by atoms with Gasteiger partial charge in [-0.25, -0.2) is 15.0 Å². The molecule has 0 fully saturated rings. The van der Waals surface area contributed by atoms with Gasteiger partial charge in [-0.3, -0.25) is 0 Å². The Labute approximate surface area is 258 Å². The zero-order valence-electron chi connectivity index (χ0n) is 24.4. The van der Waals surface area contributed by atoms with E-state index in [1.54, 1.807) is 0 Å². The molecule has 0 spiro atoms. The quantitative estimate of drug-likeness (QED) is 0.207. The molecule has 0 saturated heterocycles. The maximum absolute atomic E-state index is 6.68. The molecule has 0 atom stereocenters. The van der Waals surface area contributed by atoms with E-state index in [-0.39, 0.29) is 0 Å². The number of para-hydroxylation sites is 2. The Morgan fingerprint density at radius 1 is 0.422 bits per heavy atom. The molecule has 0 aliphatic rings. The fraction of sp³-hybridized carbons (Fsp3) is 0.0250. The highest BCUT2D eigenvalue weighted by Gasteiger charge is 2.19. The van der Waals surface area contributed by atoms with Gasteiger partial charge in [0.1, 0.15) is 22.3 Å². The summed E-state index contributed by atoms with van der Waals surface area (Å²) in [4.78, 5) is 14.8. The van der Waals surface area contributed by atoms with Crippen LogP contribution in [0.2, 0.25) is 0 Å². The second kappa shape index (κ2) is 10.00. The van der Waals surface area contributed by atoms with Crippen LogP contribution in [0, 0.1) is 6.92 Å². The fourth-order valence-electron chi connectivity index (χ4n) is 6.28. The average Bonchev–Trinajstić information content (AvgIpc) is 3.67. The largest absolute Gasteiger partial charge is 0.456 e. The normalized spacial score (nSPS) is 11.7. The van der Waals surface area contributed by atoms with Gasteiger partial charge in [0.2, 0.25) is 0 Å². The number of benzene rings is 6. The molecule has 0 bridgehead atoms. The van der Waals surface area contributed by atoms with E-state index in [0.717, 1.165) is 77.3 Å². The summed E-state index contributed by atoms with van der Waals surface area (Å²) in [6.07, 6.45) is 0. The first-order valence-corrected chi connectivity index (χ1v) is 14.9. The van der Waals surface area contributed by atoms with Crippen molar-refractivity contribution in [3.05, 3.63) is 139 Å². The molecule has 45 heavy (non-hydrogen) atoms. The van der Waals surface area contributed by atoms with E-state index < -0.39 is 0 Å². The zero-order valence-corrected chi connectivity index (χ0v) is 24.4. The maximum atomic E-state index is 6.68. The Balaban J connectivity index is 1.23. The molecule has 0 amide bonds. The van der Waals surface area contributed by atoms with Gasteiger partial charge < -0.3 is 8.83 Å². The minimum absolute atomic E-state index is 0.595. The third-order valence-electron chi connectivity index (χ3n) is 8.39. The molecule has 3 heterocycles. The van der Waals surface area contributed by atoms with Crippen LogP contribution >= 0.6 is 0 Å². The summed E-state index contributed by atoms with van der Waals surface area (Å²) in [6.45, 7) is 2.07. The number of furan rings is 2. The van der Waals surface area contributed by atoms with Crippen LogP contribution in [0.1, 0.15) is 5.56 Å². The van der Waals surface area contributed by atoms with E-state index in [1.807, 2.05) is 78.9 Å². The molecule has 0 aliphatic carbocycles. The number of hydrogen-bond donors (Lipinski definition) is 0. The van der Waals surface area contributed by atoms with Crippen LogP contribution in [0.4, 0.5) is 0 Å². The highest BCUT2D eigenvalue weighted by Crippen LogP contribution is 2.42. The van der Waals surface area contributed by atoms with Gasteiger partial charge in [-0.05, 0) is 42.8 Å². The van der Waals surface area contributed by atoms with E-state index in [9.17, 15) is 0 Å². The van der Waals surface area contributed by atoms with Gasteiger partial charge in [0.25, 0.3) is 0 Å². The van der Waals surface area contributed by atoms with Gasteiger partial charge >= 0.3 is 0 Å². The lowest BCUT2D eigenvalue weighted by Crippen LogP contribution is -2.00. The summed E-state index contributed by atoms with van der Waals surface area (Å²) in [7, 11) is 0. The van der Waals surface area contributed by atoms with Crippen molar-refractivity contribution < 1.29 is 8.83 Å². The Morgan fingerprint density at radius 2 is 1.07 bits per heavy atom. The third-order valence-corrected chi connectivity index (χ3v) is 8.39. The summed E-state index contributed by atoms with van der Waals surface area (Å²) in [6, 6.07) is 45.2. The lowest BCUT2D eigenvalue weighted by molar-refractivity contribution is 0.668. The minimum Gasteiger partial charge on any atom is -0.456 e. The van der Waals surface area contributed by atoms with Crippen molar-refractivity contribution in [3.8, 4) is 45.3 Å². The Morgan fingerprint density at radius 3 is 1.91 bits per heavy atom. The number of hydrogen-bond acceptors (Lipinski definition) is 5. The SMILES string of the molecule is Cc1cccc(-c2nc(-c3ccccc3)nc(-c3ccc4c(c3)oc3c(-c5cccc6oc7ccccc7c56)cccc34)n2)c1. The molecule has 0 aliphatic heterocycles. The van der Waals surface area contributed by atoms with Crippen molar-refractivity contribution in [2.45, 2.75) is 6.92 Å². The molecular weight excluding hydrogens is 554 g/mol. The summed E-state index contributed by atoms with van der Waals surface area (Å²) in [5.41, 5.74) is 9.34. The molecule has 9 rings (SSSR count). The number of aryl methyl sites for hydroxylation is 1. The zero-order chi connectivity index (χ0) is 29.9. The molecule has 5 heteroatoms. The van der Waals surface area contributed by atoms with E-state index in [0.29, 0.717) is 17.5 Å². The maximum Gasteiger partial charge on any atom is 0.164 e. The van der Waals surface area contributed by atoms with E-state index >= 15 is 0 Å². The van der Waals surface area contributed by atoms with Gasteiger partial charge in [-0.15, -0.1) is 0 Å². The average molecular weight is 580 g/mol. The van der Waals surface area contributed by atoms with Crippen LogP contribution in [0.3, 0.4) is 0 Å². The first-order chi connectivity index (χ1) is 22.2. The number of fused-ring (bicyclic) bond motifs is 6. The summed E-state index contributed by atoms with van der Waals surface area (Å²) in [5.74, 6) is 1.86. The number of aromatic nitrogens is 3. The van der Waals surface area contributed by atoms with Crippen LogP contribution in [-0.2, 0) is 0 Å². The second-order valence-corrected chi connectivity index (χ2v) is 11.3. The first-order valence-electron chi connectivity index (χ1n) is 14.9. The molecule has 0 radical (unpaired) electrons. The van der Waals surface area contributed by atoms with Crippen molar-refractivity contribution in [3.63, 3.8) is 0 Å². The Hall–Kier alpha value is -6.07. The summed E-state index contributed by atoms with van der Waals surface area (Å²) < 4.78 is 12.9. The van der Waals surface area contributed by atoms with E-state index in [4.69, 9.17) is 23.8 Å². The van der Waals surface area contributed by atoms with Crippen LogP contribution in [-0.4, -0.2) is 15.0 Å². The van der Waals surface area contributed by atoms with Crippen molar-refractivity contribution in [2.75, 3.05) is 0 Å². The van der Waals surface area contributed by atoms with Crippen LogP contribution < -0.4 is 0 Å². The first kappa shape index (κ1) is 25.4. The highest BCUT2D eigenvalue weighted by molar-refractivity contribution is 6.17. The molecule has 212 valence electrons. The van der Waals surface area contributed by atoms with Crippen LogP contribution in [0.15, 0.2) is 142 Å². The fourth-order valence-corrected chi connectivity index (χ4v) is 6.28. The molecule has 3 aromatic heterocycles. The highest BCUT2D eigenvalue weighted by atomic mass is 16.3. The van der Waals surface area contributed by atoms with E-state index in [1.165, 1.54) is 0 Å². The van der Waals surface area contributed by atoms with Crippen molar-refractivity contribution in [1.29, 1.82) is 0 Å². The van der Waals surface area contributed by atoms with Crippen molar-refractivity contribution in [2.24, 2.45) is 0 Å². The molecule has 0 unspecified atom stereocenters. The lowest BCUT2D eigenvalue weighted by atomic mass is 9.97. The molecular formula is C40H25N3O2. The topological polar surface area (TPSA) is 65.0 Å². The van der Waals surface area contributed by atoms with Crippen molar-refractivity contribution in [1.82, 2.24) is 15.0 Å². The number of rotatable bonds is 4. The summed E-state index contributed by atoms with van der Waals surface area (Å²) >= 11 is 0. The monoisotopic (exact) mass is 579 g/mol. The summed E-state index contributed by atoms with van der Waals surface area (Å²) in [5, 5.41) is 4.27. The Bertz CT molecular complexity index is 2560. The molecule has 0 N–H and O–H groups in total. The van der Waals surface area contributed by atoms with Gasteiger partial charge in [0, 0.05) is 43.8 Å². The lowest BCUT2D eigenvalue weighted by Gasteiger charge is -2.08. The van der Waals surface area contributed by atoms with Gasteiger partial charge in [-0.1, -0.05) is 109 Å².